The summed E-state index contributed by atoms with van der Waals surface area (Å²) in [5, 5.41) is 3.21. The van der Waals surface area contributed by atoms with Crippen LogP contribution in [0.1, 0.15) is 30.5 Å². The van der Waals surface area contributed by atoms with Crippen LogP contribution in [0.15, 0.2) is 12.1 Å². The van der Waals surface area contributed by atoms with Gasteiger partial charge in [0.25, 0.3) is 0 Å². The minimum absolute atomic E-state index is 0.00958. The van der Waals surface area contributed by atoms with E-state index < -0.39 is 6.61 Å². The molecule has 1 unspecified atom stereocenters. The molecule has 0 bridgehead atoms. The number of nitrogens with zero attached hydrogens (tertiary/aromatic N) is 1. The standard InChI is InChI=1S/C11H14F2N2O/c1-7-4-5-14-6-9-8(7)2-3-10(15-9)16-11(12)13/h2-3,7,11,14H,4-6H2,1H3. The number of pyridine rings is 1. The second kappa shape index (κ2) is 4.74. The average Bonchev–Trinajstić information content (AvgIpc) is 2.40. The van der Waals surface area contributed by atoms with E-state index in [1.165, 1.54) is 6.07 Å². The molecule has 88 valence electrons. The number of fused-ring (bicyclic) bond motifs is 1. The Labute approximate surface area is 92.8 Å². The number of halogens is 2. The number of aromatic nitrogens is 1. The summed E-state index contributed by atoms with van der Waals surface area (Å²) in [4.78, 5) is 4.10. The van der Waals surface area contributed by atoms with E-state index in [2.05, 4.69) is 22.0 Å². The number of rotatable bonds is 2. The summed E-state index contributed by atoms with van der Waals surface area (Å²) in [7, 11) is 0. The number of hydrogen-bond donors (Lipinski definition) is 1. The topological polar surface area (TPSA) is 34.2 Å². The first-order valence-electron chi connectivity index (χ1n) is 5.32. The molecule has 0 fully saturated rings. The second-order valence-corrected chi connectivity index (χ2v) is 3.93. The number of ether oxygens (including phenoxy) is 1. The molecule has 0 saturated heterocycles. The lowest BCUT2D eigenvalue weighted by Gasteiger charge is -2.12. The van der Waals surface area contributed by atoms with Crippen molar-refractivity contribution in [2.24, 2.45) is 0 Å². The molecule has 0 aliphatic carbocycles. The Balaban J connectivity index is 2.26. The van der Waals surface area contributed by atoms with Gasteiger partial charge in [-0.2, -0.15) is 8.78 Å². The number of alkyl halides is 2. The molecular weight excluding hydrogens is 214 g/mol. The number of nitrogens with one attached hydrogen (secondary N) is 1. The molecule has 1 aliphatic rings. The lowest BCUT2D eigenvalue weighted by Crippen LogP contribution is -2.13. The smallest absolute Gasteiger partial charge is 0.388 e. The molecule has 1 aliphatic heterocycles. The largest absolute Gasteiger partial charge is 0.417 e. The van der Waals surface area contributed by atoms with Crippen LogP contribution >= 0.6 is 0 Å². The maximum Gasteiger partial charge on any atom is 0.388 e. The molecule has 0 aromatic carbocycles. The van der Waals surface area contributed by atoms with Crippen molar-refractivity contribution >= 4 is 0 Å². The third-order valence-electron chi connectivity index (χ3n) is 2.77. The fourth-order valence-electron chi connectivity index (χ4n) is 1.92. The van der Waals surface area contributed by atoms with Crippen LogP contribution in [-0.4, -0.2) is 18.1 Å². The van der Waals surface area contributed by atoms with Gasteiger partial charge in [0.1, 0.15) is 0 Å². The summed E-state index contributed by atoms with van der Waals surface area (Å²) in [5.74, 6) is 0.391. The summed E-state index contributed by atoms with van der Waals surface area (Å²) in [5.41, 5.74) is 1.93. The van der Waals surface area contributed by atoms with Gasteiger partial charge in [-0.1, -0.05) is 13.0 Å². The highest BCUT2D eigenvalue weighted by Crippen LogP contribution is 2.26. The second-order valence-electron chi connectivity index (χ2n) is 3.93. The molecule has 0 radical (unpaired) electrons. The summed E-state index contributed by atoms with van der Waals surface area (Å²) in [6.45, 7) is 0.825. The van der Waals surface area contributed by atoms with Gasteiger partial charge in [0.05, 0.1) is 5.69 Å². The predicted molar refractivity (Wildman–Crippen MR) is 55.6 cm³/mol. The van der Waals surface area contributed by atoms with Crippen molar-refractivity contribution in [3.8, 4) is 5.88 Å². The molecule has 1 aromatic heterocycles. The van der Waals surface area contributed by atoms with Crippen LogP contribution in [0.2, 0.25) is 0 Å². The molecule has 2 heterocycles. The van der Waals surface area contributed by atoms with E-state index in [0.29, 0.717) is 12.5 Å². The Hall–Kier alpha value is -1.23. The highest BCUT2D eigenvalue weighted by Gasteiger charge is 2.17. The fourth-order valence-corrected chi connectivity index (χ4v) is 1.92. The quantitative estimate of drug-likeness (QED) is 0.843. The molecule has 0 spiro atoms. The van der Waals surface area contributed by atoms with E-state index >= 15 is 0 Å². The molecule has 1 atom stereocenters. The van der Waals surface area contributed by atoms with Crippen LogP contribution in [0.3, 0.4) is 0 Å². The van der Waals surface area contributed by atoms with Crippen molar-refractivity contribution in [1.82, 2.24) is 10.3 Å². The van der Waals surface area contributed by atoms with E-state index in [1.54, 1.807) is 0 Å². The average molecular weight is 228 g/mol. The lowest BCUT2D eigenvalue weighted by molar-refractivity contribution is -0.0529. The first-order chi connectivity index (χ1) is 7.66. The summed E-state index contributed by atoms with van der Waals surface area (Å²) < 4.78 is 28.3. The van der Waals surface area contributed by atoms with Gasteiger partial charge in [0.15, 0.2) is 0 Å². The predicted octanol–water partition coefficient (Wildman–Crippen LogP) is 2.28. The van der Waals surface area contributed by atoms with Gasteiger partial charge < -0.3 is 10.1 Å². The molecule has 16 heavy (non-hydrogen) atoms. The van der Waals surface area contributed by atoms with Gasteiger partial charge in [0.2, 0.25) is 5.88 Å². The zero-order chi connectivity index (χ0) is 11.5. The Morgan fingerprint density at radius 2 is 2.31 bits per heavy atom. The SMILES string of the molecule is CC1CCNCc2nc(OC(F)F)ccc21. The Morgan fingerprint density at radius 1 is 1.50 bits per heavy atom. The van der Waals surface area contributed by atoms with Crippen molar-refractivity contribution in [2.45, 2.75) is 32.4 Å². The van der Waals surface area contributed by atoms with Crippen molar-refractivity contribution < 1.29 is 13.5 Å². The van der Waals surface area contributed by atoms with Gasteiger partial charge >= 0.3 is 6.61 Å². The van der Waals surface area contributed by atoms with Gasteiger partial charge in [-0.15, -0.1) is 0 Å². The minimum Gasteiger partial charge on any atom is -0.417 e. The molecule has 5 heteroatoms. The fraction of sp³-hybridized carbons (Fsp3) is 0.545. The normalized spacial score (nSPS) is 20.4. The van der Waals surface area contributed by atoms with E-state index in [9.17, 15) is 8.78 Å². The molecular formula is C11H14F2N2O. The molecule has 0 amide bonds. The highest BCUT2D eigenvalue weighted by atomic mass is 19.3. The van der Waals surface area contributed by atoms with E-state index in [-0.39, 0.29) is 5.88 Å². The van der Waals surface area contributed by atoms with Crippen LogP contribution in [0, 0.1) is 0 Å². The Kier molecular flexibility index (Phi) is 3.33. The van der Waals surface area contributed by atoms with Crippen LogP contribution < -0.4 is 10.1 Å². The first kappa shape index (κ1) is 11.3. The summed E-state index contributed by atoms with van der Waals surface area (Å²) >= 11 is 0. The molecule has 3 nitrogen and oxygen atoms in total. The zero-order valence-electron chi connectivity index (χ0n) is 9.04. The molecule has 1 N–H and O–H groups in total. The Bertz CT molecular complexity index is 371. The maximum atomic E-state index is 12.0. The Morgan fingerprint density at radius 3 is 3.06 bits per heavy atom. The van der Waals surface area contributed by atoms with E-state index in [4.69, 9.17) is 0 Å². The van der Waals surface area contributed by atoms with Crippen molar-refractivity contribution in [3.63, 3.8) is 0 Å². The first-order valence-corrected chi connectivity index (χ1v) is 5.32. The van der Waals surface area contributed by atoms with Gasteiger partial charge in [-0.05, 0) is 24.4 Å². The van der Waals surface area contributed by atoms with Crippen molar-refractivity contribution in [1.29, 1.82) is 0 Å². The van der Waals surface area contributed by atoms with E-state index in [0.717, 1.165) is 24.2 Å². The maximum absolute atomic E-state index is 12.0. The molecule has 1 aromatic rings. The lowest BCUT2D eigenvalue weighted by atomic mass is 9.98. The molecule has 2 rings (SSSR count). The molecule has 0 saturated carbocycles. The number of hydrogen-bond acceptors (Lipinski definition) is 3. The third-order valence-corrected chi connectivity index (χ3v) is 2.77. The third kappa shape index (κ3) is 2.47. The van der Waals surface area contributed by atoms with Gasteiger partial charge in [-0.3, -0.25) is 0 Å². The van der Waals surface area contributed by atoms with Crippen LogP contribution in [0.4, 0.5) is 8.78 Å². The van der Waals surface area contributed by atoms with Crippen molar-refractivity contribution in [3.05, 3.63) is 23.4 Å². The minimum atomic E-state index is -2.82. The van der Waals surface area contributed by atoms with Crippen LogP contribution in [0.25, 0.3) is 0 Å². The van der Waals surface area contributed by atoms with Crippen LogP contribution in [0.5, 0.6) is 5.88 Å². The van der Waals surface area contributed by atoms with Gasteiger partial charge in [0, 0.05) is 12.6 Å². The zero-order valence-corrected chi connectivity index (χ0v) is 9.04. The van der Waals surface area contributed by atoms with Gasteiger partial charge in [-0.25, -0.2) is 4.98 Å². The summed E-state index contributed by atoms with van der Waals surface area (Å²) in [6, 6.07) is 3.34. The monoisotopic (exact) mass is 228 g/mol. The van der Waals surface area contributed by atoms with Crippen molar-refractivity contribution in [2.75, 3.05) is 6.54 Å². The van der Waals surface area contributed by atoms with E-state index in [1.807, 2.05) is 6.07 Å². The highest BCUT2D eigenvalue weighted by molar-refractivity contribution is 5.29. The summed E-state index contributed by atoms with van der Waals surface area (Å²) in [6.07, 6.45) is 1.03. The van der Waals surface area contributed by atoms with Crippen LogP contribution in [-0.2, 0) is 6.54 Å².